The van der Waals surface area contributed by atoms with Crippen LogP contribution in [0.15, 0.2) is 18.2 Å². The van der Waals surface area contributed by atoms with Crippen molar-refractivity contribution in [1.82, 2.24) is 4.90 Å². The van der Waals surface area contributed by atoms with Gasteiger partial charge in [0, 0.05) is 11.6 Å². The number of halogens is 1. The normalized spacial score (nSPS) is 18.6. The molecule has 1 aliphatic rings. The summed E-state index contributed by atoms with van der Waals surface area (Å²) in [5.74, 6) is 0. The molecule has 0 fully saturated rings. The van der Waals surface area contributed by atoms with Crippen LogP contribution in [-0.4, -0.2) is 34.9 Å². The molecule has 1 heterocycles. The Morgan fingerprint density at radius 1 is 1.50 bits per heavy atom. The van der Waals surface area contributed by atoms with Crippen LogP contribution in [0.4, 0.5) is 4.79 Å². The molecule has 0 spiro atoms. The molecule has 0 bridgehead atoms. The van der Waals surface area contributed by atoms with E-state index < -0.39 is 11.7 Å². The van der Waals surface area contributed by atoms with Crippen molar-refractivity contribution >= 4 is 17.7 Å². The summed E-state index contributed by atoms with van der Waals surface area (Å²) in [7, 11) is 0. The van der Waals surface area contributed by atoms with E-state index >= 15 is 0 Å². The first-order valence-electron chi connectivity index (χ1n) is 6.70. The SMILES string of the molecule is CC(C)(C)OC(=O)N1CCc2cc(Cl)ccc2C1CO. The van der Waals surface area contributed by atoms with Gasteiger partial charge in [-0.2, -0.15) is 0 Å². The minimum absolute atomic E-state index is 0.131. The topological polar surface area (TPSA) is 49.8 Å². The average Bonchev–Trinajstić information content (AvgIpc) is 2.34. The Hall–Kier alpha value is -1.26. The standard InChI is InChI=1S/C15H20ClNO3/c1-15(2,3)20-14(19)17-7-6-10-8-11(16)4-5-12(10)13(17)9-18/h4-5,8,13,18H,6-7,9H2,1-3H3. The van der Waals surface area contributed by atoms with Crippen LogP contribution in [0.3, 0.4) is 0 Å². The Balaban J connectivity index is 2.25. The molecule has 2 rings (SSSR count). The highest BCUT2D eigenvalue weighted by Gasteiger charge is 2.33. The Labute approximate surface area is 124 Å². The number of fused-ring (bicyclic) bond motifs is 1. The molecule has 1 aromatic rings. The van der Waals surface area contributed by atoms with Gasteiger partial charge in [-0.15, -0.1) is 0 Å². The van der Waals surface area contributed by atoms with E-state index in [-0.39, 0.29) is 12.6 Å². The van der Waals surface area contributed by atoms with Gasteiger partial charge in [0.1, 0.15) is 5.60 Å². The monoisotopic (exact) mass is 297 g/mol. The summed E-state index contributed by atoms with van der Waals surface area (Å²) in [4.78, 5) is 13.8. The molecule has 110 valence electrons. The van der Waals surface area contributed by atoms with Gasteiger partial charge in [-0.05, 0) is 50.5 Å². The number of carbonyl (C=O) groups excluding carboxylic acids is 1. The van der Waals surface area contributed by atoms with Crippen molar-refractivity contribution in [3.63, 3.8) is 0 Å². The fourth-order valence-corrected chi connectivity index (χ4v) is 2.61. The third-order valence-electron chi connectivity index (χ3n) is 3.26. The van der Waals surface area contributed by atoms with Gasteiger partial charge in [-0.25, -0.2) is 4.79 Å². The Morgan fingerprint density at radius 2 is 2.20 bits per heavy atom. The maximum atomic E-state index is 12.2. The van der Waals surface area contributed by atoms with E-state index in [9.17, 15) is 9.90 Å². The van der Waals surface area contributed by atoms with Crippen molar-refractivity contribution < 1.29 is 14.6 Å². The lowest BCUT2D eigenvalue weighted by atomic mass is 9.93. The van der Waals surface area contributed by atoms with Gasteiger partial charge in [0.15, 0.2) is 0 Å². The Kier molecular flexibility index (Phi) is 4.25. The molecular formula is C15H20ClNO3. The van der Waals surface area contributed by atoms with Crippen LogP contribution in [0.5, 0.6) is 0 Å². The van der Waals surface area contributed by atoms with Crippen LogP contribution in [0, 0.1) is 0 Å². The van der Waals surface area contributed by atoms with Crippen molar-refractivity contribution in [2.75, 3.05) is 13.2 Å². The second-order valence-electron chi connectivity index (χ2n) is 5.97. The number of rotatable bonds is 1. The van der Waals surface area contributed by atoms with E-state index in [1.165, 1.54) is 0 Å². The molecule has 0 radical (unpaired) electrons. The summed E-state index contributed by atoms with van der Waals surface area (Å²) in [6.45, 7) is 5.88. The summed E-state index contributed by atoms with van der Waals surface area (Å²) >= 11 is 5.99. The highest BCUT2D eigenvalue weighted by molar-refractivity contribution is 6.30. The molecule has 1 aromatic carbocycles. The summed E-state index contributed by atoms with van der Waals surface area (Å²) < 4.78 is 5.40. The quantitative estimate of drug-likeness (QED) is 0.866. The van der Waals surface area contributed by atoms with Crippen molar-refractivity contribution in [3.8, 4) is 0 Å². The molecule has 20 heavy (non-hydrogen) atoms. The predicted molar refractivity (Wildman–Crippen MR) is 77.9 cm³/mol. The number of aliphatic hydroxyl groups is 1. The first-order chi connectivity index (χ1) is 9.31. The number of carbonyl (C=O) groups is 1. The molecule has 0 aliphatic carbocycles. The molecule has 1 aliphatic heterocycles. The largest absolute Gasteiger partial charge is 0.444 e. The van der Waals surface area contributed by atoms with Gasteiger partial charge in [0.25, 0.3) is 0 Å². The number of nitrogens with zero attached hydrogens (tertiary/aromatic N) is 1. The summed E-state index contributed by atoms with van der Waals surface area (Å²) in [6, 6.07) is 5.17. The lowest BCUT2D eigenvalue weighted by Crippen LogP contribution is -2.44. The molecule has 1 unspecified atom stereocenters. The Morgan fingerprint density at radius 3 is 2.80 bits per heavy atom. The number of amides is 1. The molecule has 5 heteroatoms. The third kappa shape index (κ3) is 3.25. The predicted octanol–water partition coefficient (Wildman–Crippen LogP) is 3.17. The molecule has 4 nitrogen and oxygen atoms in total. The fraction of sp³-hybridized carbons (Fsp3) is 0.533. The van der Waals surface area contributed by atoms with Crippen molar-refractivity contribution in [1.29, 1.82) is 0 Å². The van der Waals surface area contributed by atoms with Gasteiger partial charge >= 0.3 is 6.09 Å². The van der Waals surface area contributed by atoms with Gasteiger partial charge in [-0.3, -0.25) is 4.90 Å². The summed E-state index contributed by atoms with van der Waals surface area (Å²) in [5, 5.41) is 10.3. The first kappa shape index (κ1) is 15.1. The molecule has 1 atom stereocenters. The van der Waals surface area contributed by atoms with E-state index in [0.717, 1.165) is 11.1 Å². The molecule has 1 N–H and O–H groups in total. The van der Waals surface area contributed by atoms with Crippen LogP contribution in [-0.2, 0) is 11.2 Å². The second-order valence-corrected chi connectivity index (χ2v) is 6.40. The van der Waals surface area contributed by atoms with E-state index in [1.54, 1.807) is 11.0 Å². The van der Waals surface area contributed by atoms with Gasteiger partial charge in [-0.1, -0.05) is 17.7 Å². The smallest absolute Gasteiger partial charge is 0.410 e. The van der Waals surface area contributed by atoms with Gasteiger partial charge in [0.05, 0.1) is 12.6 Å². The van der Waals surface area contributed by atoms with Gasteiger partial charge < -0.3 is 9.84 Å². The molecule has 0 saturated carbocycles. The molecule has 0 saturated heterocycles. The number of hydrogen-bond donors (Lipinski definition) is 1. The van der Waals surface area contributed by atoms with E-state index in [1.807, 2.05) is 32.9 Å². The fourth-order valence-electron chi connectivity index (χ4n) is 2.42. The highest BCUT2D eigenvalue weighted by Crippen LogP contribution is 2.32. The lowest BCUT2D eigenvalue weighted by molar-refractivity contribution is 0.00695. The average molecular weight is 298 g/mol. The minimum atomic E-state index is -0.544. The maximum Gasteiger partial charge on any atom is 0.410 e. The van der Waals surface area contributed by atoms with E-state index in [2.05, 4.69) is 0 Å². The highest BCUT2D eigenvalue weighted by atomic mass is 35.5. The molecule has 0 aromatic heterocycles. The molecular weight excluding hydrogens is 278 g/mol. The van der Waals surface area contributed by atoms with Crippen LogP contribution >= 0.6 is 11.6 Å². The van der Waals surface area contributed by atoms with Crippen LogP contribution in [0.2, 0.25) is 5.02 Å². The number of benzene rings is 1. The van der Waals surface area contributed by atoms with Crippen molar-refractivity contribution in [2.24, 2.45) is 0 Å². The zero-order valence-electron chi connectivity index (χ0n) is 12.0. The summed E-state index contributed by atoms with van der Waals surface area (Å²) in [5.41, 5.74) is 1.47. The van der Waals surface area contributed by atoms with Gasteiger partial charge in [0.2, 0.25) is 0 Å². The third-order valence-corrected chi connectivity index (χ3v) is 3.50. The zero-order chi connectivity index (χ0) is 14.9. The number of ether oxygens (including phenoxy) is 1. The zero-order valence-corrected chi connectivity index (χ0v) is 12.8. The second kappa shape index (κ2) is 5.62. The van der Waals surface area contributed by atoms with Crippen molar-refractivity contribution in [3.05, 3.63) is 34.3 Å². The van der Waals surface area contributed by atoms with E-state index in [0.29, 0.717) is 18.0 Å². The van der Waals surface area contributed by atoms with Crippen LogP contribution < -0.4 is 0 Å². The van der Waals surface area contributed by atoms with Crippen molar-refractivity contribution in [2.45, 2.75) is 38.8 Å². The lowest BCUT2D eigenvalue weighted by Gasteiger charge is -2.37. The summed E-state index contributed by atoms with van der Waals surface area (Å²) in [6.07, 6.45) is 0.322. The Bertz CT molecular complexity index is 510. The number of aliphatic hydroxyl groups excluding tert-OH is 1. The van der Waals surface area contributed by atoms with E-state index in [4.69, 9.17) is 16.3 Å². The van der Waals surface area contributed by atoms with Crippen LogP contribution in [0.25, 0.3) is 0 Å². The minimum Gasteiger partial charge on any atom is -0.444 e. The maximum absolute atomic E-state index is 12.2. The van der Waals surface area contributed by atoms with Crippen LogP contribution in [0.1, 0.15) is 37.9 Å². The number of hydrogen-bond acceptors (Lipinski definition) is 3. The molecule has 1 amide bonds. The first-order valence-corrected chi connectivity index (χ1v) is 7.08.